The summed E-state index contributed by atoms with van der Waals surface area (Å²) >= 11 is 0. The summed E-state index contributed by atoms with van der Waals surface area (Å²) in [5.41, 5.74) is 0. The number of hydrogen-bond acceptors (Lipinski definition) is 3. The number of nitrogens with zero attached hydrogens (tertiary/aromatic N) is 1. The molecule has 0 aromatic heterocycles. The van der Waals surface area contributed by atoms with Crippen molar-refractivity contribution in [3.05, 3.63) is 0 Å². The van der Waals surface area contributed by atoms with Crippen LogP contribution in [0.5, 0.6) is 0 Å². The summed E-state index contributed by atoms with van der Waals surface area (Å²) in [4.78, 5) is 2.56. The fraction of sp³-hybridized carbons (Fsp3) is 1.00. The molecule has 108 valence electrons. The first-order valence-corrected chi connectivity index (χ1v) is 7.73. The molecule has 3 atom stereocenters. The van der Waals surface area contributed by atoms with Gasteiger partial charge in [0.1, 0.15) is 0 Å². The van der Waals surface area contributed by atoms with Gasteiger partial charge in [0.2, 0.25) is 0 Å². The topological polar surface area (TPSA) is 24.5 Å². The highest BCUT2D eigenvalue weighted by Crippen LogP contribution is 2.12. The van der Waals surface area contributed by atoms with Gasteiger partial charge in [-0.1, -0.05) is 13.3 Å². The summed E-state index contributed by atoms with van der Waals surface area (Å²) in [6.07, 6.45) is 5.98. The lowest BCUT2D eigenvalue weighted by Gasteiger charge is -2.35. The standard InChI is InChI=1S/C15H32N2O/c1-5-9-16-13(2)8-6-7-10-17-11-14(3)18-15(4)12-17/h13-16H,5-12H2,1-4H3/t13?,14-,15+. The van der Waals surface area contributed by atoms with Gasteiger partial charge in [0, 0.05) is 19.1 Å². The molecule has 0 aromatic rings. The number of hydrogen-bond donors (Lipinski definition) is 1. The SMILES string of the molecule is CCCNC(C)CCCCN1C[C@@H](C)O[C@@H](C)C1. The maximum atomic E-state index is 5.75. The minimum absolute atomic E-state index is 0.402. The molecule has 0 aliphatic carbocycles. The van der Waals surface area contributed by atoms with Crippen LogP contribution in [0.15, 0.2) is 0 Å². The Morgan fingerprint density at radius 1 is 1.22 bits per heavy atom. The van der Waals surface area contributed by atoms with Crippen LogP contribution in [0, 0.1) is 0 Å². The van der Waals surface area contributed by atoms with Gasteiger partial charge in [-0.3, -0.25) is 4.90 Å². The van der Waals surface area contributed by atoms with Crippen molar-refractivity contribution in [2.45, 2.75) is 71.6 Å². The van der Waals surface area contributed by atoms with Crippen LogP contribution in [-0.4, -0.2) is 49.3 Å². The summed E-state index contributed by atoms with van der Waals surface area (Å²) in [6.45, 7) is 13.5. The summed E-state index contributed by atoms with van der Waals surface area (Å²) in [6, 6.07) is 0.674. The van der Waals surface area contributed by atoms with Gasteiger partial charge in [-0.15, -0.1) is 0 Å². The van der Waals surface area contributed by atoms with Gasteiger partial charge in [-0.2, -0.15) is 0 Å². The number of rotatable bonds is 8. The highest BCUT2D eigenvalue weighted by Gasteiger charge is 2.21. The van der Waals surface area contributed by atoms with Crippen LogP contribution in [0.4, 0.5) is 0 Å². The zero-order valence-corrected chi connectivity index (χ0v) is 12.7. The van der Waals surface area contributed by atoms with E-state index in [-0.39, 0.29) is 0 Å². The Morgan fingerprint density at radius 2 is 1.89 bits per heavy atom. The molecule has 1 aliphatic rings. The maximum absolute atomic E-state index is 5.75. The van der Waals surface area contributed by atoms with E-state index in [4.69, 9.17) is 4.74 Å². The van der Waals surface area contributed by atoms with Crippen molar-refractivity contribution in [3.63, 3.8) is 0 Å². The van der Waals surface area contributed by atoms with E-state index in [9.17, 15) is 0 Å². The van der Waals surface area contributed by atoms with Crippen LogP contribution < -0.4 is 5.32 Å². The van der Waals surface area contributed by atoms with Crippen molar-refractivity contribution in [1.29, 1.82) is 0 Å². The lowest BCUT2D eigenvalue weighted by atomic mass is 10.1. The predicted molar refractivity (Wildman–Crippen MR) is 78.1 cm³/mol. The first-order valence-electron chi connectivity index (χ1n) is 7.73. The Morgan fingerprint density at radius 3 is 2.50 bits per heavy atom. The molecule has 3 heteroatoms. The molecule has 0 aromatic carbocycles. The molecule has 1 saturated heterocycles. The van der Waals surface area contributed by atoms with E-state index < -0.39 is 0 Å². The number of morpholine rings is 1. The molecule has 1 unspecified atom stereocenters. The Kier molecular flexibility index (Phi) is 7.87. The number of nitrogens with one attached hydrogen (secondary N) is 1. The third-order valence-electron chi connectivity index (χ3n) is 3.60. The molecule has 1 aliphatic heterocycles. The highest BCUT2D eigenvalue weighted by atomic mass is 16.5. The van der Waals surface area contributed by atoms with Crippen molar-refractivity contribution < 1.29 is 4.74 Å². The average molecular weight is 256 g/mol. The number of ether oxygens (including phenoxy) is 1. The zero-order chi connectivity index (χ0) is 13.4. The van der Waals surface area contributed by atoms with E-state index in [1.807, 2.05) is 0 Å². The fourth-order valence-corrected chi connectivity index (χ4v) is 2.75. The molecule has 0 saturated carbocycles. The molecule has 0 radical (unpaired) electrons. The Labute approximate surface area is 113 Å². The second-order valence-electron chi connectivity index (χ2n) is 5.87. The van der Waals surface area contributed by atoms with Crippen molar-refractivity contribution in [3.8, 4) is 0 Å². The van der Waals surface area contributed by atoms with E-state index in [0.29, 0.717) is 18.2 Å². The maximum Gasteiger partial charge on any atom is 0.0678 e. The van der Waals surface area contributed by atoms with Gasteiger partial charge in [-0.25, -0.2) is 0 Å². The van der Waals surface area contributed by atoms with Crippen molar-refractivity contribution >= 4 is 0 Å². The van der Waals surface area contributed by atoms with E-state index >= 15 is 0 Å². The zero-order valence-electron chi connectivity index (χ0n) is 12.7. The third kappa shape index (κ3) is 6.72. The number of unbranched alkanes of at least 4 members (excludes halogenated alkanes) is 1. The van der Waals surface area contributed by atoms with Crippen LogP contribution in [0.25, 0.3) is 0 Å². The Balaban J connectivity index is 2.03. The lowest BCUT2D eigenvalue weighted by molar-refractivity contribution is -0.0682. The predicted octanol–water partition coefficient (Wildman–Crippen LogP) is 2.65. The molecular weight excluding hydrogens is 224 g/mol. The first kappa shape index (κ1) is 15.9. The highest BCUT2D eigenvalue weighted by molar-refractivity contribution is 4.73. The molecule has 1 rings (SSSR count). The minimum Gasteiger partial charge on any atom is -0.373 e. The largest absolute Gasteiger partial charge is 0.373 e. The van der Waals surface area contributed by atoms with Gasteiger partial charge in [-0.05, 0) is 53.1 Å². The monoisotopic (exact) mass is 256 g/mol. The van der Waals surface area contributed by atoms with Crippen LogP contribution in [0.2, 0.25) is 0 Å². The van der Waals surface area contributed by atoms with Crippen LogP contribution in [0.3, 0.4) is 0 Å². The van der Waals surface area contributed by atoms with Crippen molar-refractivity contribution in [1.82, 2.24) is 10.2 Å². The minimum atomic E-state index is 0.402. The van der Waals surface area contributed by atoms with Gasteiger partial charge in [0.05, 0.1) is 12.2 Å². The fourth-order valence-electron chi connectivity index (χ4n) is 2.75. The molecule has 1 N–H and O–H groups in total. The molecule has 3 nitrogen and oxygen atoms in total. The van der Waals surface area contributed by atoms with E-state index in [0.717, 1.165) is 19.6 Å². The molecule has 0 spiro atoms. The van der Waals surface area contributed by atoms with E-state index in [1.54, 1.807) is 0 Å². The van der Waals surface area contributed by atoms with Gasteiger partial charge >= 0.3 is 0 Å². The lowest BCUT2D eigenvalue weighted by Crippen LogP contribution is -2.45. The second-order valence-corrected chi connectivity index (χ2v) is 5.87. The molecule has 1 heterocycles. The molecule has 0 amide bonds. The smallest absolute Gasteiger partial charge is 0.0678 e. The van der Waals surface area contributed by atoms with Crippen LogP contribution >= 0.6 is 0 Å². The van der Waals surface area contributed by atoms with Crippen molar-refractivity contribution in [2.24, 2.45) is 0 Å². The average Bonchev–Trinajstić information content (AvgIpc) is 2.31. The van der Waals surface area contributed by atoms with Crippen LogP contribution in [0.1, 0.15) is 53.4 Å². The summed E-state index contributed by atoms with van der Waals surface area (Å²) in [7, 11) is 0. The quantitative estimate of drug-likeness (QED) is 0.676. The second kappa shape index (κ2) is 8.89. The Bertz CT molecular complexity index is 201. The first-order chi connectivity index (χ1) is 8.61. The van der Waals surface area contributed by atoms with E-state index in [1.165, 1.54) is 32.2 Å². The normalized spacial score (nSPS) is 27.3. The summed E-state index contributed by atoms with van der Waals surface area (Å²) in [5, 5.41) is 3.55. The van der Waals surface area contributed by atoms with Crippen LogP contribution in [-0.2, 0) is 4.74 Å². The Hall–Kier alpha value is -0.120. The van der Waals surface area contributed by atoms with Crippen molar-refractivity contribution in [2.75, 3.05) is 26.2 Å². The molecule has 1 fully saturated rings. The van der Waals surface area contributed by atoms with Gasteiger partial charge in [0.15, 0.2) is 0 Å². The summed E-state index contributed by atoms with van der Waals surface area (Å²) < 4.78 is 5.75. The third-order valence-corrected chi connectivity index (χ3v) is 3.60. The van der Waals surface area contributed by atoms with Gasteiger partial charge in [0.25, 0.3) is 0 Å². The van der Waals surface area contributed by atoms with E-state index in [2.05, 4.69) is 37.9 Å². The molecule has 18 heavy (non-hydrogen) atoms. The molecule has 0 bridgehead atoms. The summed E-state index contributed by atoms with van der Waals surface area (Å²) in [5.74, 6) is 0. The molecular formula is C15H32N2O. The van der Waals surface area contributed by atoms with Gasteiger partial charge < -0.3 is 10.1 Å².